The number of aromatic carboxylic acids is 1. The summed E-state index contributed by atoms with van der Waals surface area (Å²) < 4.78 is 4.09. The molecule has 1 amide bonds. The predicted octanol–water partition coefficient (Wildman–Crippen LogP) is 2.44. The van der Waals surface area contributed by atoms with Gasteiger partial charge in [0.05, 0.1) is 12.2 Å². The minimum absolute atomic E-state index is 0. The second-order valence-corrected chi connectivity index (χ2v) is 17.7. The van der Waals surface area contributed by atoms with Gasteiger partial charge in [-0.25, -0.2) is 14.8 Å². The molecule has 0 spiro atoms. The van der Waals surface area contributed by atoms with Crippen molar-refractivity contribution >= 4 is 11.9 Å². The molecule has 0 saturated heterocycles. The largest absolute Gasteiger partial charge is 1.00 e. The van der Waals surface area contributed by atoms with E-state index < -0.39 is 18.2 Å². The first-order chi connectivity index (χ1) is 31.7. The number of aromatic nitrogens is 4. The van der Waals surface area contributed by atoms with E-state index in [1.54, 1.807) is 6.20 Å². The Balaban J connectivity index is 0.000000161. The molecular weight excluding hydrogens is 944 g/mol. The maximum absolute atomic E-state index is 12.7. The van der Waals surface area contributed by atoms with Gasteiger partial charge in [0.1, 0.15) is 17.3 Å². The van der Waals surface area contributed by atoms with Gasteiger partial charge in [0.2, 0.25) is 0 Å². The molecule has 0 fully saturated rings. The highest BCUT2D eigenvalue weighted by atomic mass is 127. The topological polar surface area (TPSA) is 175 Å². The number of rotatable bonds is 11. The first-order valence-corrected chi connectivity index (χ1v) is 23.1. The van der Waals surface area contributed by atoms with Gasteiger partial charge in [-0.05, 0) is 59.1 Å². The van der Waals surface area contributed by atoms with Crippen LogP contribution in [0.25, 0.3) is 0 Å². The van der Waals surface area contributed by atoms with E-state index in [0.717, 1.165) is 89.4 Å². The number of hydrogen-bond donors (Lipinski definition) is 5. The quantitative estimate of drug-likeness (QED) is 0.121. The van der Waals surface area contributed by atoms with E-state index in [4.69, 9.17) is 10.8 Å². The molecular formula is C52H62IN8O5-. The zero-order valence-electron chi connectivity index (χ0n) is 37.5. The Kier molecular flexibility index (Phi) is 17.3. The summed E-state index contributed by atoms with van der Waals surface area (Å²) in [5, 5.41) is 31.8. The summed E-state index contributed by atoms with van der Waals surface area (Å²) in [5.74, 6) is 1.59. The molecule has 4 aromatic carbocycles. The van der Waals surface area contributed by atoms with Crippen molar-refractivity contribution < 1.29 is 48.9 Å². The highest BCUT2D eigenvalue weighted by molar-refractivity contribution is 5.92. The molecule has 0 aliphatic carbocycles. The first-order valence-electron chi connectivity index (χ1n) is 23.1. The number of nitrogens with zero attached hydrogens (tertiary/aromatic N) is 6. The van der Waals surface area contributed by atoms with E-state index in [0.29, 0.717) is 37.2 Å². The summed E-state index contributed by atoms with van der Waals surface area (Å²) in [7, 11) is 0. The Morgan fingerprint density at radius 2 is 1.06 bits per heavy atom. The van der Waals surface area contributed by atoms with Crippen molar-refractivity contribution in [3.63, 3.8) is 0 Å². The Bertz CT molecular complexity index is 2500. The Morgan fingerprint density at radius 3 is 1.55 bits per heavy atom. The molecule has 2 aromatic heterocycles. The molecule has 4 unspecified atom stereocenters. The van der Waals surface area contributed by atoms with E-state index >= 15 is 0 Å². The fourth-order valence-corrected chi connectivity index (χ4v) is 9.55. The molecule has 10 rings (SSSR count). The molecule has 4 aliphatic rings. The molecule has 348 valence electrons. The zero-order valence-corrected chi connectivity index (χ0v) is 39.6. The SMILES string of the molecule is NCC(O)CN1CCc2ccccc2C1.O=C(NCC(O)CN1CCc2ccccc2C1)c1cn2c(n1)CCC(c1ccccc1)C2.O=C(O)c1cn2c(n1)CCC(c1ccccc1)C2.[I-]. The van der Waals surface area contributed by atoms with Crippen molar-refractivity contribution in [1.82, 2.24) is 34.2 Å². The van der Waals surface area contributed by atoms with E-state index in [9.17, 15) is 19.8 Å². The number of imidazole rings is 2. The van der Waals surface area contributed by atoms with Gasteiger partial charge in [-0.15, -0.1) is 0 Å². The number of nitrogens with one attached hydrogen (secondary N) is 1. The van der Waals surface area contributed by atoms with Crippen molar-refractivity contribution in [2.45, 2.75) is 88.7 Å². The molecule has 6 aromatic rings. The van der Waals surface area contributed by atoms with Crippen molar-refractivity contribution in [2.24, 2.45) is 5.73 Å². The second-order valence-electron chi connectivity index (χ2n) is 17.7. The molecule has 6 heterocycles. The van der Waals surface area contributed by atoms with Crippen molar-refractivity contribution in [3.8, 4) is 0 Å². The number of aliphatic hydroxyl groups is 2. The monoisotopic (exact) mass is 1010 g/mol. The number of amides is 1. The number of aliphatic hydroxyl groups excluding tert-OH is 2. The van der Waals surface area contributed by atoms with Crippen LogP contribution in [0.3, 0.4) is 0 Å². The average molecular weight is 1010 g/mol. The number of hydrogen-bond acceptors (Lipinski definition) is 9. The summed E-state index contributed by atoms with van der Waals surface area (Å²) >= 11 is 0. The number of carboxylic acid groups (broad SMARTS) is 1. The molecule has 66 heavy (non-hydrogen) atoms. The van der Waals surface area contributed by atoms with E-state index in [2.05, 4.69) is 115 Å². The molecule has 13 nitrogen and oxygen atoms in total. The smallest absolute Gasteiger partial charge is 0.356 e. The van der Waals surface area contributed by atoms with Gasteiger partial charge in [-0.1, -0.05) is 109 Å². The number of carbonyl (C=O) groups excluding carboxylic acids is 1. The van der Waals surface area contributed by atoms with E-state index in [1.807, 2.05) is 35.0 Å². The number of benzene rings is 4. The lowest BCUT2D eigenvalue weighted by Gasteiger charge is -2.30. The van der Waals surface area contributed by atoms with E-state index in [1.165, 1.54) is 33.4 Å². The summed E-state index contributed by atoms with van der Waals surface area (Å²) in [6.45, 7) is 7.21. The minimum Gasteiger partial charge on any atom is -1.00 e. The highest BCUT2D eigenvalue weighted by Gasteiger charge is 2.26. The summed E-state index contributed by atoms with van der Waals surface area (Å²) in [6.07, 6.45) is 8.35. The van der Waals surface area contributed by atoms with Crippen LogP contribution in [0.4, 0.5) is 0 Å². The summed E-state index contributed by atoms with van der Waals surface area (Å²) in [4.78, 5) is 36.8. The zero-order chi connectivity index (χ0) is 45.1. The van der Waals surface area contributed by atoms with E-state index in [-0.39, 0.29) is 42.1 Å². The average Bonchev–Trinajstić information content (AvgIpc) is 3.99. The van der Waals surface area contributed by atoms with Crippen LogP contribution in [0.15, 0.2) is 122 Å². The van der Waals surface area contributed by atoms with Gasteiger partial charge in [-0.2, -0.15) is 0 Å². The highest BCUT2D eigenvalue weighted by Crippen LogP contribution is 2.30. The normalized spacial score (nSPS) is 18.5. The lowest BCUT2D eigenvalue weighted by Crippen LogP contribution is -3.00. The third kappa shape index (κ3) is 12.8. The molecule has 0 saturated carbocycles. The maximum Gasteiger partial charge on any atom is 0.356 e. The number of carbonyl (C=O) groups is 2. The van der Waals surface area contributed by atoms with Gasteiger partial charge in [-0.3, -0.25) is 14.6 Å². The Labute approximate surface area is 404 Å². The first kappa shape index (κ1) is 48.7. The second kappa shape index (κ2) is 23.5. The van der Waals surface area contributed by atoms with Crippen molar-refractivity contribution in [3.05, 3.63) is 178 Å². The maximum atomic E-state index is 12.7. The van der Waals surface area contributed by atoms with Crippen LogP contribution in [0, 0.1) is 0 Å². The third-order valence-corrected chi connectivity index (χ3v) is 13.1. The molecule has 14 heteroatoms. The van der Waals surface area contributed by atoms with Gasteiger partial charge < -0.3 is 59.5 Å². The number of β-amino-alcohol motifs (C(OH)–C–C–N with tert-alkyl or cyclic N) is 2. The van der Waals surface area contributed by atoms with Crippen LogP contribution < -0.4 is 35.0 Å². The number of fused-ring (bicyclic) bond motifs is 4. The summed E-state index contributed by atoms with van der Waals surface area (Å²) in [6, 6.07) is 37.9. The van der Waals surface area contributed by atoms with Crippen LogP contribution in [-0.2, 0) is 51.9 Å². The molecule has 0 radical (unpaired) electrons. The standard InChI is InChI=1S/C26H30N4O2.C14H14N2O2.C12H18N2O.HI/c31-23(17-29-13-12-20-8-4-5-9-21(20)15-29)14-27-26(32)24-18-30-16-22(10-11-25(30)28-24)19-6-2-1-3-7-19;17-14(18)12-9-16-8-11(6-7-13(16)15-12)10-4-2-1-3-5-10;13-7-12(15)9-14-6-5-10-3-1-2-4-11(10)8-14;/h1-9,18,22-23,31H,10-17H2,(H,27,32);1-5,9,11H,6-8H2,(H,17,18);1-4,12,15H,5-9,13H2;1H/p-1. The van der Waals surface area contributed by atoms with Crippen LogP contribution in [0.1, 0.15) is 90.7 Å². The fraction of sp³-hybridized carbons (Fsp3) is 0.385. The number of aryl methyl sites for hydroxylation is 2. The van der Waals surface area contributed by atoms with Crippen molar-refractivity contribution in [1.29, 1.82) is 0 Å². The third-order valence-electron chi connectivity index (χ3n) is 13.1. The number of carboxylic acids is 1. The predicted molar refractivity (Wildman–Crippen MR) is 251 cm³/mol. The van der Waals surface area contributed by atoms with Gasteiger partial charge in [0.15, 0.2) is 5.69 Å². The lowest BCUT2D eigenvalue weighted by molar-refractivity contribution is -0.0000396. The van der Waals surface area contributed by atoms with Gasteiger partial charge in [0, 0.05) is 103 Å². The molecule has 0 bridgehead atoms. The van der Waals surface area contributed by atoms with Crippen molar-refractivity contribution in [2.75, 3.05) is 39.3 Å². The summed E-state index contributed by atoms with van der Waals surface area (Å²) in [5.41, 5.74) is 14.2. The molecule has 4 aliphatic heterocycles. The molecule has 4 atom stereocenters. The Morgan fingerprint density at radius 1 is 0.621 bits per heavy atom. The number of nitrogens with two attached hydrogens (primary N) is 1. The van der Waals surface area contributed by atoms with Crippen LogP contribution in [0.2, 0.25) is 0 Å². The number of halogens is 1. The fourth-order valence-electron chi connectivity index (χ4n) is 9.55. The minimum atomic E-state index is -0.951. The van der Waals surface area contributed by atoms with Crippen LogP contribution in [-0.4, -0.2) is 108 Å². The van der Waals surface area contributed by atoms with Gasteiger partial charge in [0.25, 0.3) is 5.91 Å². The van der Waals surface area contributed by atoms with Crippen LogP contribution in [0.5, 0.6) is 0 Å². The molecule has 6 N–H and O–H groups in total. The van der Waals surface area contributed by atoms with Crippen LogP contribution >= 0.6 is 0 Å². The van der Waals surface area contributed by atoms with Gasteiger partial charge >= 0.3 is 5.97 Å². The Hall–Kier alpha value is -5.23. The lowest BCUT2D eigenvalue weighted by atomic mass is 9.92.